The molecule has 0 radical (unpaired) electrons. The van der Waals surface area contributed by atoms with E-state index in [2.05, 4.69) is 30.9 Å². The van der Waals surface area contributed by atoms with Gasteiger partial charge in [0.15, 0.2) is 12.2 Å². The van der Waals surface area contributed by atoms with Gasteiger partial charge in [-0.15, -0.1) is 10.2 Å². The molecule has 15 heavy (non-hydrogen) atoms. The molecule has 0 saturated heterocycles. The van der Waals surface area contributed by atoms with Gasteiger partial charge in [-0.05, 0) is 6.92 Å². The number of aryl methyl sites for hydroxylation is 1. The standard InChI is InChI=1S/C7H8N6O2/c1-4-6(15-3-9-4)7(14)8-2-5-10-12-13-11-5/h3H,2H2,1H3,(H,8,14)(H,10,11,12,13). The lowest BCUT2D eigenvalue weighted by Crippen LogP contribution is -2.23. The summed E-state index contributed by atoms with van der Waals surface area (Å²) in [6.07, 6.45) is 1.22. The van der Waals surface area contributed by atoms with Crippen LogP contribution in [0.1, 0.15) is 22.1 Å². The Kier molecular flexibility index (Phi) is 2.40. The predicted molar refractivity (Wildman–Crippen MR) is 46.6 cm³/mol. The molecular formula is C7H8N6O2. The van der Waals surface area contributed by atoms with Gasteiger partial charge in [-0.1, -0.05) is 5.21 Å². The number of hydrogen-bond donors (Lipinski definition) is 2. The van der Waals surface area contributed by atoms with Crippen LogP contribution in [0.5, 0.6) is 0 Å². The fourth-order valence-corrected chi connectivity index (χ4v) is 1.02. The number of amides is 1. The quantitative estimate of drug-likeness (QED) is 0.698. The average Bonchev–Trinajstić information content (AvgIpc) is 2.84. The van der Waals surface area contributed by atoms with Crippen LogP contribution in [0.2, 0.25) is 0 Å². The molecule has 2 heterocycles. The summed E-state index contributed by atoms with van der Waals surface area (Å²) >= 11 is 0. The summed E-state index contributed by atoms with van der Waals surface area (Å²) in [7, 11) is 0. The molecule has 1 amide bonds. The van der Waals surface area contributed by atoms with Gasteiger partial charge in [0.25, 0.3) is 5.91 Å². The van der Waals surface area contributed by atoms with Crippen molar-refractivity contribution in [2.75, 3.05) is 0 Å². The van der Waals surface area contributed by atoms with Crippen molar-refractivity contribution in [2.45, 2.75) is 13.5 Å². The van der Waals surface area contributed by atoms with Crippen LogP contribution in [-0.2, 0) is 6.54 Å². The first kappa shape index (κ1) is 9.31. The predicted octanol–water partition coefficient (Wildman–Crippen LogP) is -0.574. The number of carbonyl (C=O) groups is 1. The number of carbonyl (C=O) groups excluding carboxylic acids is 1. The molecule has 78 valence electrons. The van der Waals surface area contributed by atoms with Crippen LogP contribution in [0, 0.1) is 6.92 Å². The highest BCUT2D eigenvalue weighted by Gasteiger charge is 2.13. The van der Waals surface area contributed by atoms with E-state index in [9.17, 15) is 4.79 Å². The van der Waals surface area contributed by atoms with Crippen LogP contribution in [0.3, 0.4) is 0 Å². The van der Waals surface area contributed by atoms with E-state index in [1.807, 2.05) is 0 Å². The normalized spacial score (nSPS) is 10.2. The number of hydrogen-bond acceptors (Lipinski definition) is 6. The fourth-order valence-electron chi connectivity index (χ4n) is 1.02. The molecule has 2 aromatic rings. The Morgan fingerprint density at radius 2 is 2.53 bits per heavy atom. The minimum atomic E-state index is -0.352. The van der Waals surface area contributed by atoms with E-state index in [0.29, 0.717) is 11.5 Å². The Hall–Kier alpha value is -2.25. The number of aromatic amines is 1. The molecule has 0 bridgehead atoms. The third-order valence-electron chi connectivity index (χ3n) is 1.75. The Morgan fingerprint density at radius 3 is 3.13 bits per heavy atom. The van der Waals surface area contributed by atoms with E-state index in [1.54, 1.807) is 6.92 Å². The number of nitrogens with one attached hydrogen (secondary N) is 2. The first-order valence-electron chi connectivity index (χ1n) is 4.18. The molecule has 0 aliphatic rings. The van der Waals surface area contributed by atoms with Gasteiger partial charge in [-0.2, -0.15) is 5.21 Å². The molecule has 0 unspecified atom stereocenters. The number of tetrazole rings is 1. The highest BCUT2D eigenvalue weighted by atomic mass is 16.3. The fraction of sp³-hybridized carbons (Fsp3) is 0.286. The second-order valence-corrected chi connectivity index (χ2v) is 2.78. The van der Waals surface area contributed by atoms with E-state index < -0.39 is 0 Å². The maximum Gasteiger partial charge on any atom is 0.289 e. The van der Waals surface area contributed by atoms with Crippen LogP contribution in [-0.4, -0.2) is 31.5 Å². The van der Waals surface area contributed by atoms with Gasteiger partial charge in [-0.3, -0.25) is 4.79 Å². The minimum Gasteiger partial charge on any atom is -0.438 e. The number of aromatic nitrogens is 5. The van der Waals surface area contributed by atoms with Gasteiger partial charge in [0, 0.05) is 0 Å². The zero-order valence-electron chi connectivity index (χ0n) is 7.89. The maximum atomic E-state index is 11.5. The van der Waals surface area contributed by atoms with E-state index in [4.69, 9.17) is 4.42 Å². The van der Waals surface area contributed by atoms with Gasteiger partial charge in [0.1, 0.15) is 0 Å². The van der Waals surface area contributed by atoms with E-state index in [0.717, 1.165) is 0 Å². The molecule has 0 atom stereocenters. The smallest absolute Gasteiger partial charge is 0.289 e. The summed E-state index contributed by atoms with van der Waals surface area (Å²) in [5.41, 5.74) is 0.542. The van der Waals surface area contributed by atoms with Gasteiger partial charge in [-0.25, -0.2) is 4.98 Å². The van der Waals surface area contributed by atoms with Crippen molar-refractivity contribution >= 4 is 5.91 Å². The van der Waals surface area contributed by atoms with Crippen molar-refractivity contribution in [3.63, 3.8) is 0 Å². The second-order valence-electron chi connectivity index (χ2n) is 2.78. The first-order chi connectivity index (χ1) is 7.27. The molecule has 2 rings (SSSR count). The summed E-state index contributed by atoms with van der Waals surface area (Å²) in [5, 5.41) is 15.6. The topological polar surface area (TPSA) is 110 Å². The number of nitrogens with zero attached hydrogens (tertiary/aromatic N) is 4. The molecular weight excluding hydrogens is 200 g/mol. The van der Waals surface area contributed by atoms with Gasteiger partial charge in [0.2, 0.25) is 5.76 Å². The molecule has 0 aliphatic heterocycles. The highest BCUT2D eigenvalue weighted by Crippen LogP contribution is 2.04. The number of H-pyrrole nitrogens is 1. The van der Waals surface area contributed by atoms with E-state index >= 15 is 0 Å². The van der Waals surface area contributed by atoms with Crippen molar-refractivity contribution in [1.82, 2.24) is 30.9 Å². The van der Waals surface area contributed by atoms with Crippen LogP contribution >= 0.6 is 0 Å². The SMILES string of the molecule is Cc1ncoc1C(=O)NCc1nn[nH]n1. The van der Waals surface area contributed by atoms with Gasteiger partial charge in [0.05, 0.1) is 12.2 Å². The van der Waals surface area contributed by atoms with Crippen LogP contribution in [0.4, 0.5) is 0 Å². The lowest BCUT2D eigenvalue weighted by Gasteiger charge is -1.98. The third kappa shape index (κ3) is 1.98. The van der Waals surface area contributed by atoms with Crippen LogP contribution in [0.25, 0.3) is 0 Å². The Morgan fingerprint density at radius 1 is 1.67 bits per heavy atom. The Bertz CT molecular complexity index is 448. The molecule has 8 heteroatoms. The second kappa shape index (κ2) is 3.86. The summed E-state index contributed by atoms with van der Waals surface area (Å²) in [5.74, 6) is 0.244. The molecule has 0 spiro atoms. The molecule has 2 N–H and O–H groups in total. The lowest BCUT2D eigenvalue weighted by molar-refractivity contribution is 0.0921. The largest absolute Gasteiger partial charge is 0.438 e. The van der Waals surface area contributed by atoms with Crippen LogP contribution in [0.15, 0.2) is 10.8 Å². The Balaban J connectivity index is 1.96. The van der Waals surface area contributed by atoms with Gasteiger partial charge >= 0.3 is 0 Å². The summed E-state index contributed by atoms with van der Waals surface area (Å²) in [6.45, 7) is 1.88. The molecule has 2 aromatic heterocycles. The van der Waals surface area contributed by atoms with E-state index in [1.165, 1.54) is 6.39 Å². The maximum absolute atomic E-state index is 11.5. The molecule has 8 nitrogen and oxygen atoms in total. The molecule has 0 aromatic carbocycles. The average molecular weight is 208 g/mol. The van der Waals surface area contributed by atoms with Crippen molar-refractivity contribution in [3.05, 3.63) is 23.7 Å². The zero-order chi connectivity index (χ0) is 10.7. The van der Waals surface area contributed by atoms with Crippen molar-refractivity contribution < 1.29 is 9.21 Å². The van der Waals surface area contributed by atoms with Gasteiger partial charge < -0.3 is 9.73 Å². The van der Waals surface area contributed by atoms with Crippen molar-refractivity contribution in [3.8, 4) is 0 Å². The molecule has 0 aliphatic carbocycles. The molecule has 0 saturated carbocycles. The lowest BCUT2D eigenvalue weighted by atomic mass is 10.3. The van der Waals surface area contributed by atoms with Crippen molar-refractivity contribution in [1.29, 1.82) is 0 Å². The summed E-state index contributed by atoms with van der Waals surface area (Å²) in [4.78, 5) is 15.3. The molecule has 0 fully saturated rings. The Labute approximate surface area is 84.1 Å². The zero-order valence-corrected chi connectivity index (χ0v) is 7.89. The van der Waals surface area contributed by atoms with Crippen molar-refractivity contribution in [2.24, 2.45) is 0 Å². The highest BCUT2D eigenvalue weighted by molar-refractivity contribution is 5.92. The van der Waals surface area contributed by atoms with Crippen LogP contribution < -0.4 is 5.32 Å². The first-order valence-corrected chi connectivity index (χ1v) is 4.18. The van der Waals surface area contributed by atoms with E-state index in [-0.39, 0.29) is 18.2 Å². The number of rotatable bonds is 3. The summed E-state index contributed by atoms with van der Waals surface area (Å²) in [6, 6.07) is 0. The number of oxazole rings is 1. The third-order valence-corrected chi connectivity index (χ3v) is 1.75. The monoisotopic (exact) mass is 208 g/mol. The minimum absolute atomic E-state index is 0.190. The summed E-state index contributed by atoms with van der Waals surface area (Å²) < 4.78 is 4.91.